The van der Waals surface area contributed by atoms with Gasteiger partial charge in [-0.3, -0.25) is 4.79 Å². The van der Waals surface area contributed by atoms with Crippen LogP contribution in [0, 0.1) is 0 Å². The van der Waals surface area contributed by atoms with Crippen LogP contribution in [0.5, 0.6) is 5.75 Å². The van der Waals surface area contributed by atoms with Gasteiger partial charge in [0.2, 0.25) is 0 Å². The van der Waals surface area contributed by atoms with Crippen LogP contribution in [0.3, 0.4) is 0 Å². The third-order valence-corrected chi connectivity index (χ3v) is 2.82. The second-order valence-electron chi connectivity index (χ2n) is 3.77. The molecule has 100 valence electrons. The molecule has 0 unspecified atom stereocenters. The van der Waals surface area contributed by atoms with Crippen LogP contribution in [-0.2, 0) is 0 Å². The molecule has 1 aromatic carbocycles. The van der Waals surface area contributed by atoms with E-state index in [0.29, 0.717) is 15.8 Å². The molecule has 1 aromatic rings. The average Bonchev–Trinajstić information content (AvgIpc) is 2.24. The molecule has 0 aliphatic carbocycles. The van der Waals surface area contributed by atoms with E-state index in [1.165, 1.54) is 6.92 Å². The number of ketones is 1. The van der Waals surface area contributed by atoms with Crippen LogP contribution < -0.4 is 4.74 Å². The first-order valence-corrected chi connectivity index (χ1v) is 6.09. The molecule has 0 radical (unpaired) electrons. The van der Waals surface area contributed by atoms with Gasteiger partial charge < -0.3 is 4.74 Å². The van der Waals surface area contributed by atoms with Crippen molar-refractivity contribution in [1.29, 1.82) is 0 Å². The Labute approximate surface area is 111 Å². The Bertz CT molecular complexity index is 430. The van der Waals surface area contributed by atoms with Crippen LogP contribution in [0.4, 0.5) is 13.2 Å². The maximum Gasteiger partial charge on any atom is 0.389 e. The van der Waals surface area contributed by atoms with Gasteiger partial charge in [0.1, 0.15) is 5.75 Å². The number of Topliss-reactive ketones (excluding diaryl/α,β-unsaturated/α-hetero) is 1. The van der Waals surface area contributed by atoms with Crippen molar-refractivity contribution in [3.05, 3.63) is 28.2 Å². The van der Waals surface area contributed by atoms with E-state index >= 15 is 0 Å². The third-order valence-electron chi connectivity index (χ3n) is 2.20. The van der Waals surface area contributed by atoms with E-state index in [2.05, 4.69) is 15.9 Å². The summed E-state index contributed by atoms with van der Waals surface area (Å²) < 4.78 is 41.5. The Balaban J connectivity index is 2.51. The van der Waals surface area contributed by atoms with Gasteiger partial charge in [-0.15, -0.1) is 0 Å². The first-order valence-electron chi connectivity index (χ1n) is 5.29. The number of ether oxygens (including phenoxy) is 1. The summed E-state index contributed by atoms with van der Waals surface area (Å²) in [5, 5.41) is 0. The van der Waals surface area contributed by atoms with Gasteiger partial charge in [0.25, 0.3) is 0 Å². The Morgan fingerprint density at radius 2 is 2.06 bits per heavy atom. The number of carbonyl (C=O) groups is 1. The molecular weight excluding hydrogens is 313 g/mol. The lowest BCUT2D eigenvalue weighted by atomic mass is 10.1. The van der Waals surface area contributed by atoms with Gasteiger partial charge in [-0.25, -0.2) is 0 Å². The standard InChI is InChI=1S/C12H12BrF3O2/c1-8(17)9-3-4-11(10(13)7-9)18-6-2-5-12(14,15)16/h3-4,7H,2,5-6H2,1H3. The van der Waals surface area contributed by atoms with E-state index in [-0.39, 0.29) is 18.8 Å². The molecule has 0 fully saturated rings. The molecule has 0 saturated carbocycles. The Morgan fingerprint density at radius 1 is 1.39 bits per heavy atom. The zero-order chi connectivity index (χ0) is 13.8. The van der Waals surface area contributed by atoms with Crippen molar-refractivity contribution in [1.82, 2.24) is 0 Å². The lowest BCUT2D eigenvalue weighted by Crippen LogP contribution is -2.09. The molecule has 2 nitrogen and oxygen atoms in total. The molecule has 0 heterocycles. The number of rotatable bonds is 5. The van der Waals surface area contributed by atoms with Crippen LogP contribution >= 0.6 is 15.9 Å². The van der Waals surface area contributed by atoms with Crippen LogP contribution in [0.15, 0.2) is 22.7 Å². The summed E-state index contributed by atoms with van der Waals surface area (Å²) in [6.07, 6.45) is -5.11. The predicted octanol–water partition coefficient (Wildman–Crippen LogP) is 4.37. The predicted molar refractivity (Wildman–Crippen MR) is 64.9 cm³/mol. The smallest absolute Gasteiger partial charge is 0.389 e. The zero-order valence-electron chi connectivity index (χ0n) is 9.68. The summed E-state index contributed by atoms with van der Waals surface area (Å²) in [5.74, 6) is 0.349. The molecule has 1 rings (SSSR count). The van der Waals surface area contributed by atoms with Crippen molar-refractivity contribution in [3.63, 3.8) is 0 Å². The van der Waals surface area contributed by atoms with Gasteiger partial charge in [0.05, 0.1) is 11.1 Å². The van der Waals surface area contributed by atoms with E-state index in [9.17, 15) is 18.0 Å². The van der Waals surface area contributed by atoms with E-state index in [1.54, 1.807) is 18.2 Å². The summed E-state index contributed by atoms with van der Waals surface area (Å²) in [6.45, 7) is 1.42. The average molecular weight is 325 g/mol. The molecule has 0 bridgehead atoms. The van der Waals surface area contributed by atoms with Gasteiger partial charge >= 0.3 is 6.18 Å². The topological polar surface area (TPSA) is 26.3 Å². The van der Waals surface area contributed by atoms with Gasteiger partial charge in [0.15, 0.2) is 5.78 Å². The van der Waals surface area contributed by atoms with Crippen LogP contribution in [0.2, 0.25) is 0 Å². The molecule has 0 atom stereocenters. The molecule has 0 aromatic heterocycles. The molecule has 0 aliphatic heterocycles. The monoisotopic (exact) mass is 324 g/mol. The number of hydrogen-bond donors (Lipinski definition) is 0. The molecular formula is C12H12BrF3O2. The van der Waals surface area contributed by atoms with Crippen molar-refractivity contribution >= 4 is 21.7 Å². The van der Waals surface area contributed by atoms with Crippen LogP contribution in [0.1, 0.15) is 30.1 Å². The Hall–Kier alpha value is -1.04. The number of halogens is 4. The fourth-order valence-corrected chi connectivity index (χ4v) is 1.78. The molecule has 6 heteroatoms. The minimum absolute atomic E-state index is 0.0163. The Morgan fingerprint density at radius 3 is 2.56 bits per heavy atom. The SMILES string of the molecule is CC(=O)c1ccc(OCCCC(F)(F)F)c(Br)c1. The Kier molecular flexibility index (Phi) is 5.19. The van der Waals surface area contributed by atoms with E-state index < -0.39 is 12.6 Å². The highest BCUT2D eigenvalue weighted by atomic mass is 79.9. The summed E-state index contributed by atoms with van der Waals surface area (Å²) in [7, 11) is 0. The summed E-state index contributed by atoms with van der Waals surface area (Å²) >= 11 is 3.21. The van der Waals surface area contributed by atoms with Crippen molar-refractivity contribution in [2.75, 3.05) is 6.61 Å². The van der Waals surface area contributed by atoms with Crippen molar-refractivity contribution in [2.24, 2.45) is 0 Å². The quantitative estimate of drug-likeness (QED) is 0.593. The van der Waals surface area contributed by atoms with Crippen LogP contribution in [-0.4, -0.2) is 18.6 Å². The molecule has 0 saturated heterocycles. The summed E-state index contributed by atoms with van der Waals surface area (Å²) in [4.78, 5) is 11.1. The summed E-state index contributed by atoms with van der Waals surface area (Å²) in [6, 6.07) is 4.72. The largest absolute Gasteiger partial charge is 0.492 e. The van der Waals surface area contributed by atoms with Crippen molar-refractivity contribution < 1.29 is 22.7 Å². The molecule has 0 N–H and O–H groups in total. The van der Waals surface area contributed by atoms with E-state index in [1.807, 2.05) is 0 Å². The molecule has 0 amide bonds. The lowest BCUT2D eigenvalue weighted by molar-refractivity contribution is -0.136. The number of benzene rings is 1. The van der Waals surface area contributed by atoms with Gasteiger partial charge in [-0.05, 0) is 47.5 Å². The number of hydrogen-bond acceptors (Lipinski definition) is 2. The second-order valence-corrected chi connectivity index (χ2v) is 4.62. The minimum Gasteiger partial charge on any atom is -0.492 e. The van der Waals surface area contributed by atoms with Crippen molar-refractivity contribution in [3.8, 4) is 5.75 Å². The number of carbonyl (C=O) groups excluding carboxylic acids is 1. The van der Waals surface area contributed by atoms with Gasteiger partial charge in [-0.2, -0.15) is 13.2 Å². The lowest BCUT2D eigenvalue weighted by Gasteiger charge is -2.10. The first-order chi connectivity index (χ1) is 8.29. The van der Waals surface area contributed by atoms with E-state index in [0.717, 1.165) is 0 Å². The maximum atomic E-state index is 11.9. The van der Waals surface area contributed by atoms with Gasteiger partial charge in [-0.1, -0.05) is 0 Å². The minimum atomic E-state index is -4.15. The van der Waals surface area contributed by atoms with E-state index in [4.69, 9.17) is 4.74 Å². The number of alkyl halides is 3. The van der Waals surface area contributed by atoms with Crippen molar-refractivity contribution in [2.45, 2.75) is 25.9 Å². The highest BCUT2D eigenvalue weighted by Gasteiger charge is 2.26. The molecule has 0 spiro atoms. The molecule has 0 aliphatic rings. The van der Waals surface area contributed by atoms with Crippen LogP contribution in [0.25, 0.3) is 0 Å². The fourth-order valence-electron chi connectivity index (χ4n) is 1.29. The first kappa shape index (κ1) is 15.0. The third kappa shape index (κ3) is 5.08. The highest BCUT2D eigenvalue weighted by molar-refractivity contribution is 9.10. The highest BCUT2D eigenvalue weighted by Crippen LogP contribution is 2.27. The van der Waals surface area contributed by atoms with Gasteiger partial charge in [0, 0.05) is 12.0 Å². The maximum absolute atomic E-state index is 11.9. The fraction of sp³-hybridized carbons (Fsp3) is 0.417. The summed E-state index contributed by atoms with van der Waals surface area (Å²) in [5.41, 5.74) is 0.518. The zero-order valence-corrected chi connectivity index (χ0v) is 11.3. The molecule has 18 heavy (non-hydrogen) atoms. The normalized spacial score (nSPS) is 11.4. The second kappa shape index (κ2) is 6.22.